The first-order valence-electron chi connectivity index (χ1n) is 20.1. The quantitative estimate of drug-likeness (QED) is 0.254. The minimum absolute atomic E-state index is 0.00610. The standard InChI is InChI=1S/C45H68N2O3/c1-28(2)33-18-23-45(40(50)46-26-27-47(29(3)4)30(5)6)25-24-43(10)35(38(33)45)16-17-37-42(9)21-19-34(31-12-14-32(15-13-31)39(48)49)41(7,8)36(42)20-22-44(37,43)11/h12-15,19,29-30,33,35-38H,1,16-18,20-27H2,2-11H3,(H,46,50)(H,48,49). The molecule has 6 rings (SSSR count). The number of nitrogens with zero attached hydrogens (tertiary/aromatic N) is 1. The molecule has 0 aromatic heterocycles. The van der Waals surface area contributed by atoms with Crippen molar-refractivity contribution in [2.24, 2.45) is 56.7 Å². The minimum Gasteiger partial charge on any atom is -0.478 e. The Morgan fingerprint density at radius 1 is 0.880 bits per heavy atom. The Balaban J connectivity index is 1.29. The number of carboxylic acid groups (broad SMARTS) is 1. The molecule has 0 saturated heterocycles. The largest absolute Gasteiger partial charge is 0.478 e. The van der Waals surface area contributed by atoms with Crippen molar-refractivity contribution >= 4 is 17.4 Å². The number of carbonyl (C=O) groups is 2. The smallest absolute Gasteiger partial charge is 0.335 e. The van der Waals surface area contributed by atoms with Crippen LogP contribution in [0.25, 0.3) is 5.57 Å². The third-order valence-electron chi connectivity index (χ3n) is 16.5. The van der Waals surface area contributed by atoms with Crippen molar-refractivity contribution in [3.63, 3.8) is 0 Å². The Kier molecular flexibility index (Phi) is 9.65. The molecule has 4 saturated carbocycles. The first-order chi connectivity index (χ1) is 23.3. The van der Waals surface area contributed by atoms with Crippen LogP contribution in [0.2, 0.25) is 0 Å². The molecule has 276 valence electrons. The van der Waals surface area contributed by atoms with Crippen molar-refractivity contribution in [2.75, 3.05) is 13.1 Å². The molecule has 9 unspecified atom stereocenters. The Bertz CT molecular complexity index is 1510. The molecule has 1 amide bonds. The molecule has 0 spiro atoms. The maximum absolute atomic E-state index is 14.5. The van der Waals surface area contributed by atoms with Gasteiger partial charge >= 0.3 is 5.97 Å². The van der Waals surface area contributed by atoms with Gasteiger partial charge < -0.3 is 10.4 Å². The van der Waals surface area contributed by atoms with Gasteiger partial charge in [-0.05, 0) is 167 Å². The number of allylic oxidation sites excluding steroid dienone is 3. The predicted octanol–water partition coefficient (Wildman–Crippen LogP) is 10.3. The molecule has 0 heterocycles. The number of hydrogen-bond acceptors (Lipinski definition) is 3. The van der Waals surface area contributed by atoms with Gasteiger partial charge in [0, 0.05) is 25.2 Å². The molecule has 4 fully saturated rings. The van der Waals surface area contributed by atoms with Crippen LogP contribution in [0.4, 0.5) is 0 Å². The second kappa shape index (κ2) is 12.9. The van der Waals surface area contributed by atoms with Gasteiger partial charge in [0.15, 0.2) is 0 Å². The fourth-order valence-electron chi connectivity index (χ4n) is 14.0. The number of aromatic carboxylic acids is 1. The Labute approximate surface area is 304 Å². The van der Waals surface area contributed by atoms with Gasteiger partial charge in [-0.15, -0.1) is 0 Å². The van der Waals surface area contributed by atoms with E-state index < -0.39 is 5.97 Å². The summed E-state index contributed by atoms with van der Waals surface area (Å²) in [6, 6.07) is 8.49. The van der Waals surface area contributed by atoms with E-state index >= 15 is 0 Å². The molecule has 0 aliphatic heterocycles. The molecule has 5 nitrogen and oxygen atoms in total. The molecule has 2 N–H and O–H groups in total. The van der Waals surface area contributed by atoms with E-state index in [-0.39, 0.29) is 27.1 Å². The number of rotatable bonds is 9. The molecule has 1 aromatic carbocycles. The van der Waals surface area contributed by atoms with E-state index in [9.17, 15) is 14.7 Å². The number of carboxylic acids is 1. The fourth-order valence-corrected chi connectivity index (χ4v) is 14.0. The van der Waals surface area contributed by atoms with Crippen LogP contribution in [0.5, 0.6) is 0 Å². The summed E-state index contributed by atoms with van der Waals surface area (Å²) in [7, 11) is 0. The molecule has 5 aliphatic carbocycles. The SMILES string of the molecule is C=C(C)C1CCC2(C(=O)NCCN(C(C)C)C(C)C)CCC3(C)C(CCC4C5(C)CC=C(c6ccc(C(=O)O)cc6)C(C)(C)C5CCC43C)C12. The highest BCUT2D eigenvalue weighted by molar-refractivity contribution is 5.88. The molecule has 0 radical (unpaired) electrons. The lowest BCUT2D eigenvalue weighted by Crippen LogP contribution is -2.66. The topological polar surface area (TPSA) is 69.6 Å². The maximum atomic E-state index is 14.5. The van der Waals surface area contributed by atoms with Crippen LogP contribution in [0.1, 0.15) is 143 Å². The second-order valence-electron chi connectivity index (χ2n) is 19.4. The van der Waals surface area contributed by atoms with Crippen molar-refractivity contribution in [1.82, 2.24) is 10.2 Å². The number of benzene rings is 1. The van der Waals surface area contributed by atoms with Crippen molar-refractivity contribution < 1.29 is 14.7 Å². The minimum atomic E-state index is -0.871. The first kappa shape index (κ1) is 37.4. The number of nitrogens with one attached hydrogen (secondary N) is 1. The van der Waals surface area contributed by atoms with E-state index in [2.05, 4.69) is 92.1 Å². The van der Waals surface area contributed by atoms with Crippen LogP contribution in [0, 0.1) is 56.7 Å². The third kappa shape index (κ3) is 5.48. The lowest BCUT2D eigenvalue weighted by atomic mass is 9.32. The highest BCUT2D eigenvalue weighted by Crippen LogP contribution is 2.77. The summed E-state index contributed by atoms with van der Waals surface area (Å²) in [4.78, 5) is 28.6. The lowest BCUT2D eigenvalue weighted by Gasteiger charge is -2.72. The van der Waals surface area contributed by atoms with Gasteiger partial charge in [0.2, 0.25) is 5.91 Å². The van der Waals surface area contributed by atoms with Crippen molar-refractivity contribution in [3.8, 4) is 0 Å². The summed E-state index contributed by atoms with van der Waals surface area (Å²) in [6.45, 7) is 30.3. The van der Waals surface area contributed by atoms with Crippen LogP contribution in [0.15, 0.2) is 42.5 Å². The summed E-state index contributed by atoms with van der Waals surface area (Å²) in [5.74, 6) is 1.97. The van der Waals surface area contributed by atoms with Crippen LogP contribution in [-0.2, 0) is 4.79 Å². The third-order valence-corrected chi connectivity index (χ3v) is 16.5. The van der Waals surface area contributed by atoms with Crippen molar-refractivity contribution in [2.45, 2.75) is 139 Å². The van der Waals surface area contributed by atoms with Crippen LogP contribution < -0.4 is 5.32 Å². The molecular weight excluding hydrogens is 617 g/mol. The van der Waals surface area contributed by atoms with Crippen LogP contribution in [-0.4, -0.2) is 47.1 Å². The predicted molar refractivity (Wildman–Crippen MR) is 206 cm³/mol. The summed E-state index contributed by atoms with van der Waals surface area (Å²) in [6.07, 6.45) is 12.7. The normalized spacial score (nSPS) is 38.9. The monoisotopic (exact) mass is 685 g/mol. The summed E-state index contributed by atoms with van der Waals surface area (Å²) in [5.41, 5.74) is 4.49. The molecular formula is C45H68N2O3. The summed E-state index contributed by atoms with van der Waals surface area (Å²) < 4.78 is 0. The molecule has 9 atom stereocenters. The van der Waals surface area contributed by atoms with Crippen molar-refractivity contribution in [1.29, 1.82) is 0 Å². The van der Waals surface area contributed by atoms with Crippen LogP contribution >= 0.6 is 0 Å². The van der Waals surface area contributed by atoms with Gasteiger partial charge in [0.25, 0.3) is 0 Å². The molecule has 0 bridgehead atoms. The number of carbonyl (C=O) groups excluding carboxylic acids is 1. The average molecular weight is 685 g/mol. The van der Waals surface area contributed by atoms with E-state index in [0.717, 1.165) is 45.2 Å². The zero-order valence-electron chi connectivity index (χ0n) is 33.1. The Morgan fingerprint density at radius 2 is 1.54 bits per heavy atom. The van der Waals surface area contributed by atoms with E-state index in [1.807, 2.05) is 12.1 Å². The first-order valence-corrected chi connectivity index (χ1v) is 20.1. The number of fused-ring (bicyclic) bond motifs is 7. The van der Waals surface area contributed by atoms with Crippen molar-refractivity contribution in [3.05, 3.63) is 53.6 Å². The Morgan fingerprint density at radius 3 is 2.14 bits per heavy atom. The highest BCUT2D eigenvalue weighted by atomic mass is 16.4. The van der Waals surface area contributed by atoms with Gasteiger partial charge in [-0.1, -0.05) is 65.0 Å². The zero-order chi connectivity index (χ0) is 36.6. The zero-order valence-corrected chi connectivity index (χ0v) is 33.1. The lowest BCUT2D eigenvalue weighted by molar-refractivity contribution is -0.225. The van der Waals surface area contributed by atoms with Gasteiger partial charge in [-0.2, -0.15) is 0 Å². The average Bonchev–Trinajstić information content (AvgIpc) is 3.44. The van der Waals surface area contributed by atoms with E-state index in [4.69, 9.17) is 0 Å². The summed E-state index contributed by atoms with van der Waals surface area (Å²) in [5, 5.41) is 13.0. The molecule has 5 aliphatic rings. The van der Waals surface area contributed by atoms with Crippen LogP contribution in [0.3, 0.4) is 0 Å². The van der Waals surface area contributed by atoms with Gasteiger partial charge in [0.1, 0.15) is 0 Å². The molecule has 1 aromatic rings. The number of amides is 1. The van der Waals surface area contributed by atoms with Gasteiger partial charge in [-0.25, -0.2) is 4.79 Å². The fraction of sp³-hybridized carbons (Fsp3) is 0.733. The number of hydrogen-bond donors (Lipinski definition) is 2. The second-order valence-corrected chi connectivity index (χ2v) is 19.4. The van der Waals surface area contributed by atoms with E-state index in [1.54, 1.807) is 12.1 Å². The summed E-state index contributed by atoms with van der Waals surface area (Å²) >= 11 is 0. The van der Waals surface area contributed by atoms with E-state index in [0.29, 0.717) is 53.1 Å². The van der Waals surface area contributed by atoms with Gasteiger partial charge in [-0.3, -0.25) is 9.69 Å². The molecule has 50 heavy (non-hydrogen) atoms. The molecule has 5 heteroatoms. The van der Waals surface area contributed by atoms with E-state index in [1.165, 1.54) is 42.4 Å². The van der Waals surface area contributed by atoms with Gasteiger partial charge in [0.05, 0.1) is 11.0 Å². The highest BCUT2D eigenvalue weighted by Gasteiger charge is 2.71. The Hall–Kier alpha value is -2.40. The maximum Gasteiger partial charge on any atom is 0.335 e.